The molecule has 22 heavy (non-hydrogen) atoms. The van der Waals surface area contributed by atoms with Gasteiger partial charge in [0, 0.05) is 18.4 Å². The van der Waals surface area contributed by atoms with Gasteiger partial charge in [-0.2, -0.15) is 4.98 Å². The number of carbonyl (C=O) groups is 1. The SMILES string of the molecule is Cc1nc([C@@H]2CCCN2C(=O)[C@H]2Cc3ccccc3S2)no1. The van der Waals surface area contributed by atoms with Crippen LogP contribution >= 0.6 is 11.8 Å². The number of benzene rings is 1. The fourth-order valence-electron chi connectivity index (χ4n) is 3.25. The first-order chi connectivity index (χ1) is 10.7. The van der Waals surface area contributed by atoms with Crippen LogP contribution in [0.5, 0.6) is 0 Å². The van der Waals surface area contributed by atoms with Crippen molar-refractivity contribution in [3.05, 3.63) is 41.5 Å². The summed E-state index contributed by atoms with van der Waals surface area (Å²) in [6.07, 6.45) is 2.72. The predicted octanol–water partition coefficient (Wildman–Crippen LogP) is 2.76. The highest BCUT2D eigenvalue weighted by Gasteiger charge is 2.38. The van der Waals surface area contributed by atoms with Crippen LogP contribution in [0, 0.1) is 6.92 Å². The summed E-state index contributed by atoms with van der Waals surface area (Å²) in [4.78, 5) is 20.4. The second-order valence-electron chi connectivity index (χ2n) is 5.78. The molecule has 2 atom stereocenters. The third-order valence-electron chi connectivity index (χ3n) is 4.30. The Labute approximate surface area is 133 Å². The van der Waals surface area contributed by atoms with E-state index in [-0.39, 0.29) is 17.2 Å². The summed E-state index contributed by atoms with van der Waals surface area (Å²) in [5.41, 5.74) is 1.28. The Morgan fingerprint density at radius 1 is 1.41 bits per heavy atom. The number of thioether (sulfide) groups is 1. The average molecular weight is 315 g/mol. The standard InChI is InChI=1S/C16H17N3O2S/c1-10-17-15(18-21-10)12-6-4-8-19(12)16(20)14-9-11-5-2-3-7-13(11)22-14/h2-3,5,7,12,14H,4,6,8-9H2,1H3/t12-,14+/m0/s1. The summed E-state index contributed by atoms with van der Waals surface area (Å²) >= 11 is 1.68. The fourth-order valence-corrected chi connectivity index (χ4v) is 4.52. The van der Waals surface area contributed by atoms with Crippen LogP contribution in [0.3, 0.4) is 0 Å². The first-order valence-electron chi connectivity index (χ1n) is 7.57. The Bertz CT molecular complexity index is 690. The van der Waals surface area contributed by atoms with Crippen molar-refractivity contribution in [1.29, 1.82) is 0 Å². The lowest BCUT2D eigenvalue weighted by molar-refractivity contribution is -0.131. The largest absolute Gasteiger partial charge is 0.340 e. The summed E-state index contributed by atoms with van der Waals surface area (Å²) < 4.78 is 5.08. The Balaban J connectivity index is 1.53. The first kappa shape index (κ1) is 13.8. The normalized spacial score (nSPS) is 23.8. The molecule has 1 aromatic heterocycles. The van der Waals surface area contributed by atoms with Crippen LogP contribution in [0.2, 0.25) is 0 Å². The van der Waals surface area contributed by atoms with Gasteiger partial charge in [-0.15, -0.1) is 11.8 Å². The van der Waals surface area contributed by atoms with E-state index in [0.29, 0.717) is 11.7 Å². The number of likely N-dealkylation sites (tertiary alicyclic amines) is 1. The lowest BCUT2D eigenvalue weighted by atomic mass is 10.1. The second-order valence-corrected chi connectivity index (χ2v) is 7.02. The highest BCUT2D eigenvalue weighted by Crippen LogP contribution is 2.40. The number of aromatic nitrogens is 2. The number of nitrogens with zero attached hydrogens (tertiary/aromatic N) is 3. The van der Waals surface area contributed by atoms with Crippen molar-refractivity contribution in [1.82, 2.24) is 15.0 Å². The minimum Gasteiger partial charge on any atom is -0.340 e. The quantitative estimate of drug-likeness (QED) is 0.853. The van der Waals surface area contributed by atoms with E-state index in [9.17, 15) is 4.79 Å². The molecule has 0 spiro atoms. The van der Waals surface area contributed by atoms with Crippen molar-refractivity contribution in [3.63, 3.8) is 0 Å². The van der Waals surface area contributed by atoms with E-state index in [0.717, 1.165) is 25.8 Å². The molecule has 4 rings (SSSR count). The van der Waals surface area contributed by atoms with Gasteiger partial charge in [-0.1, -0.05) is 23.4 Å². The molecule has 1 amide bonds. The van der Waals surface area contributed by atoms with E-state index in [4.69, 9.17) is 4.52 Å². The third-order valence-corrected chi connectivity index (χ3v) is 5.60. The average Bonchev–Trinajstić information content (AvgIpc) is 3.24. The molecule has 1 saturated heterocycles. The predicted molar refractivity (Wildman–Crippen MR) is 82.5 cm³/mol. The van der Waals surface area contributed by atoms with Gasteiger partial charge >= 0.3 is 0 Å². The lowest BCUT2D eigenvalue weighted by Gasteiger charge is -2.24. The smallest absolute Gasteiger partial charge is 0.237 e. The summed E-state index contributed by atoms with van der Waals surface area (Å²) in [5, 5.41) is 3.99. The van der Waals surface area contributed by atoms with Crippen molar-refractivity contribution < 1.29 is 9.32 Å². The zero-order valence-corrected chi connectivity index (χ0v) is 13.2. The molecule has 6 heteroatoms. The van der Waals surface area contributed by atoms with Crippen molar-refractivity contribution in [3.8, 4) is 0 Å². The van der Waals surface area contributed by atoms with Gasteiger partial charge in [-0.3, -0.25) is 4.79 Å². The molecule has 114 valence electrons. The molecule has 0 radical (unpaired) electrons. The van der Waals surface area contributed by atoms with Crippen molar-refractivity contribution >= 4 is 17.7 Å². The molecule has 2 aliphatic heterocycles. The third kappa shape index (κ3) is 2.31. The summed E-state index contributed by atoms with van der Waals surface area (Å²) in [6.45, 7) is 2.56. The molecule has 1 aromatic carbocycles. The number of hydrogen-bond acceptors (Lipinski definition) is 5. The number of hydrogen-bond donors (Lipinski definition) is 0. The highest BCUT2D eigenvalue weighted by atomic mass is 32.2. The maximum atomic E-state index is 12.9. The Morgan fingerprint density at radius 3 is 3.05 bits per heavy atom. The van der Waals surface area contributed by atoms with E-state index in [1.807, 2.05) is 17.0 Å². The van der Waals surface area contributed by atoms with Crippen molar-refractivity contribution in [2.45, 2.75) is 42.4 Å². The van der Waals surface area contributed by atoms with E-state index in [1.54, 1.807) is 18.7 Å². The maximum absolute atomic E-state index is 12.9. The number of aryl methyl sites for hydroxylation is 1. The van der Waals surface area contributed by atoms with Crippen LogP contribution in [-0.2, 0) is 11.2 Å². The fraction of sp³-hybridized carbons (Fsp3) is 0.438. The van der Waals surface area contributed by atoms with Gasteiger partial charge in [0.05, 0.1) is 11.3 Å². The number of amides is 1. The molecule has 1 fully saturated rings. The molecular weight excluding hydrogens is 298 g/mol. The Kier molecular flexibility index (Phi) is 3.41. The van der Waals surface area contributed by atoms with Crippen LogP contribution < -0.4 is 0 Å². The van der Waals surface area contributed by atoms with Crippen molar-refractivity contribution in [2.75, 3.05) is 6.54 Å². The second kappa shape index (κ2) is 5.43. The van der Waals surface area contributed by atoms with Gasteiger partial charge < -0.3 is 9.42 Å². The van der Waals surface area contributed by atoms with Crippen LogP contribution in [0.1, 0.15) is 36.2 Å². The van der Waals surface area contributed by atoms with Gasteiger partial charge in [0.1, 0.15) is 0 Å². The zero-order valence-electron chi connectivity index (χ0n) is 12.4. The van der Waals surface area contributed by atoms with E-state index in [1.165, 1.54) is 10.5 Å². The zero-order chi connectivity index (χ0) is 15.1. The number of carbonyl (C=O) groups excluding carboxylic acids is 1. The molecule has 0 saturated carbocycles. The van der Waals surface area contributed by atoms with Crippen LogP contribution in [0.4, 0.5) is 0 Å². The van der Waals surface area contributed by atoms with Gasteiger partial charge in [0.25, 0.3) is 0 Å². The maximum Gasteiger partial charge on any atom is 0.237 e. The molecule has 0 unspecified atom stereocenters. The van der Waals surface area contributed by atoms with Crippen LogP contribution in [-0.4, -0.2) is 32.7 Å². The highest BCUT2D eigenvalue weighted by molar-refractivity contribution is 8.01. The number of fused-ring (bicyclic) bond motifs is 1. The number of rotatable bonds is 2. The van der Waals surface area contributed by atoms with Crippen LogP contribution in [0.25, 0.3) is 0 Å². The van der Waals surface area contributed by atoms with Crippen molar-refractivity contribution in [2.24, 2.45) is 0 Å². The lowest BCUT2D eigenvalue weighted by Crippen LogP contribution is -2.37. The molecule has 0 aliphatic carbocycles. The molecule has 0 bridgehead atoms. The van der Waals surface area contributed by atoms with E-state index in [2.05, 4.69) is 22.3 Å². The molecular formula is C16H17N3O2S. The topological polar surface area (TPSA) is 59.2 Å². The van der Waals surface area contributed by atoms with Gasteiger partial charge in [0.15, 0.2) is 5.82 Å². The van der Waals surface area contributed by atoms with Gasteiger partial charge in [-0.05, 0) is 30.9 Å². The Morgan fingerprint density at radius 2 is 2.27 bits per heavy atom. The van der Waals surface area contributed by atoms with Crippen LogP contribution in [0.15, 0.2) is 33.7 Å². The van der Waals surface area contributed by atoms with E-state index < -0.39 is 0 Å². The molecule has 0 N–H and O–H groups in total. The van der Waals surface area contributed by atoms with Gasteiger partial charge in [-0.25, -0.2) is 0 Å². The minimum atomic E-state index is -0.0331. The summed E-state index contributed by atoms with van der Waals surface area (Å²) in [6, 6.07) is 8.23. The first-order valence-corrected chi connectivity index (χ1v) is 8.45. The molecule has 5 nitrogen and oxygen atoms in total. The minimum absolute atomic E-state index is 0.0222. The Hall–Kier alpha value is -1.82. The molecule has 3 heterocycles. The van der Waals surface area contributed by atoms with Gasteiger partial charge in [0.2, 0.25) is 11.8 Å². The summed E-state index contributed by atoms with van der Waals surface area (Å²) in [7, 11) is 0. The molecule has 2 aliphatic rings. The summed E-state index contributed by atoms with van der Waals surface area (Å²) in [5.74, 6) is 1.40. The van der Waals surface area contributed by atoms with E-state index >= 15 is 0 Å². The monoisotopic (exact) mass is 315 g/mol. The molecule has 2 aromatic rings.